The van der Waals surface area contributed by atoms with Crippen LogP contribution in [0.5, 0.6) is 0 Å². The zero-order chi connectivity index (χ0) is 20.4. The third-order valence-electron chi connectivity index (χ3n) is 4.96. The van der Waals surface area contributed by atoms with Gasteiger partial charge < -0.3 is 14.4 Å². The number of para-hydroxylation sites is 1. The zero-order valence-corrected chi connectivity index (χ0v) is 15.4. The quantitative estimate of drug-likeness (QED) is 0.501. The molecule has 1 aliphatic rings. The Labute approximate surface area is 166 Å². The highest BCUT2D eigenvalue weighted by molar-refractivity contribution is 5.95. The van der Waals surface area contributed by atoms with E-state index in [1.54, 1.807) is 41.4 Å². The SMILES string of the molecule is O=C(c1ccc(-n2ccnc2)c([N+](=O)[O-])c1)N1CCN(c2ccccc2F)CC1. The van der Waals surface area contributed by atoms with Gasteiger partial charge in [0.15, 0.2) is 0 Å². The first-order valence-electron chi connectivity index (χ1n) is 9.10. The Kier molecular flexibility index (Phi) is 4.94. The van der Waals surface area contributed by atoms with Crippen molar-refractivity contribution in [2.75, 3.05) is 31.1 Å². The number of anilines is 1. The number of aromatic nitrogens is 2. The fourth-order valence-electron chi connectivity index (χ4n) is 3.46. The Balaban J connectivity index is 1.51. The fourth-order valence-corrected chi connectivity index (χ4v) is 3.46. The van der Waals surface area contributed by atoms with Gasteiger partial charge in [0, 0.05) is 50.2 Å². The molecule has 0 atom stereocenters. The molecule has 0 spiro atoms. The number of nitrogens with zero attached hydrogens (tertiary/aromatic N) is 5. The number of nitro benzene ring substituents is 1. The number of hydrogen-bond donors (Lipinski definition) is 0. The van der Waals surface area contributed by atoms with Crippen molar-refractivity contribution in [3.8, 4) is 5.69 Å². The van der Waals surface area contributed by atoms with Crippen LogP contribution >= 0.6 is 0 Å². The maximum absolute atomic E-state index is 14.0. The molecule has 8 nitrogen and oxygen atoms in total. The monoisotopic (exact) mass is 395 g/mol. The summed E-state index contributed by atoms with van der Waals surface area (Å²) in [5.41, 5.74) is 0.937. The standard InChI is InChI=1S/C20H18FN5O3/c21-16-3-1-2-4-17(16)23-9-11-24(12-10-23)20(27)15-5-6-18(19(13-15)26(28)29)25-8-7-22-14-25/h1-8,13-14H,9-12H2. The highest BCUT2D eigenvalue weighted by Crippen LogP contribution is 2.26. The number of carbonyl (C=O) groups is 1. The average molecular weight is 395 g/mol. The summed E-state index contributed by atoms with van der Waals surface area (Å²) < 4.78 is 15.5. The molecule has 1 amide bonds. The molecule has 1 aliphatic heterocycles. The topological polar surface area (TPSA) is 84.5 Å². The third-order valence-corrected chi connectivity index (χ3v) is 4.96. The van der Waals surface area contributed by atoms with Crippen LogP contribution < -0.4 is 4.90 Å². The maximum Gasteiger partial charge on any atom is 0.294 e. The van der Waals surface area contributed by atoms with Crippen LogP contribution in [0.25, 0.3) is 5.69 Å². The van der Waals surface area contributed by atoms with Gasteiger partial charge in [-0.25, -0.2) is 9.37 Å². The summed E-state index contributed by atoms with van der Waals surface area (Å²) in [5.74, 6) is -0.573. The molecular weight excluding hydrogens is 377 g/mol. The molecule has 3 aromatic rings. The lowest BCUT2D eigenvalue weighted by Crippen LogP contribution is -2.49. The van der Waals surface area contributed by atoms with Gasteiger partial charge in [0.05, 0.1) is 16.9 Å². The molecule has 0 radical (unpaired) electrons. The Morgan fingerprint density at radius 1 is 1.07 bits per heavy atom. The summed E-state index contributed by atoms with van der Waals surface area (Å²) in [6.45, 7) is 1.79. The number of hydrogen-bond acceptors (Lipinski definition) is 5. The van der Waals surface area contributed by atoms with Crippen molar-refractivity contribution in [2.24, 2.45) is 0 Å². The van der Waals surface area contributed by atoms with Crippen molar-refractivity contribution >= 4 is 17.3 Å². The van der Waals surface area contributed by atoms with Crippen LogP contribution in [-0.2, 0) is 0 Å². The van der Waals surface area contributed by atoms with E-state index < -0.39 is 4.92 Å². The van der Waals surface area contributed by atoms with Gasteiger partial charge in [-0.05, 0) is 24.3 Å². The third kappa shape index (κ3) is 3.66. The van der Waals surface area contributed by atoms with Gasteiger partial charge in [-0.3, -0.25) is 14.9 Å². The molecule has 2 aromatic carbocycles. The first-order chi connectivity index (χ1) is 14.0. The molecule has 1 saturated heterocycles. The Morgan fingerprint density at radius 2 is 1.83 bits per heavy atom. The molecule has 0 aliphatic carbocycles. The zero-order valence-electron chi connectivity index (χ0n) is 15.4. The minimum absolute atomic E-state index is 0.168. The van der Waals surface area contributed by atoms with Crippen molar-refractivity contribution in [3.63, 3.8) is 0 Å². The lowest BCUT2D eigenvalue weighted by Gasteiger charge is -2.36. The Hall–Kier alpha value is -3.75. The van der Waals surface area contributed by atoms with Gasteiger partial charge in [0.25, 0.3) is 11.6 Å². The minimum Gasteiger partial charge on any atom is -0.366 e. The van der Waals surface area contributed by atoms with Gasteiger partial charge in [0.1, 0.15) is 11.5 Å². The summed E-state index contributed by atoms with van der Waals surface area (Å²) in [6, 6.07) is 11.0. The van der Waals surface area contributed by atoms with E-state index >= 15 is 0 Å². The molecule has 0 N–H and O–H groups in total. The van der Waals surface area contributed by atoms with Crippen molar-refractivity contribution < 1.29 is 14.1 Å². The van der Waals surface area contributed by atoms with Crippen molar-refractivity contribution in [1.29, 1.82) is 0 Å². The smallest absolute Gasteiger partial charge is 0.294 e. The number of piperazine rings is 1. The summed E-state index contributed by atoms with van der Waals surface area (Å²) in [5, 5.41) is 11.5. The molecule has 148 valence electrons. The lowest BCUT2D eigenvalue weighted by molar-refractivity contribution is -0.384. The first-order valence-corrected chi connectivity index (χ1v) is 9.10. The van der Waals surface area contributed by atoms with E-state index in [0.717, 1.165) is 0 Å². The number of amides is 1. The summed E-state index contributed by atoms with van der Waals surface area (Å²) in [6.07, 6.45) is 4.59. The summed E-state index contributed by atoms with van der Waals surface area (Å²) >= 11 is 0. The molecule has 4 rings (SSSR count). The Bertz CT molecular complexity index is 1050. The van der Waals surface area contributed by atoms with E-state index in [2.05, 4.69) is 4.98 Å². The lowest BCUT2D eigenvalue weighted by atomic mass is 10.1. The van der Waals surface area contributed by atoms with Crippen LogP contribution in [-0.4, -0.2) is 51.5 Å². The van der Waals surface area contributed by atoms with Gasteiger partial charge >= 0.3 is 0 Å². The normalized spacial score (nSPS) is 14.1. The van der Waals surface area contributed by atoms with Crippen LogP contribution in [0.15, 0.2) is 61.2 Å². The summed E-state index contributed by atoms with van der Waals surface area (Å²) in [7, 11) is 0. The number of benzene rings is 2. The van der Waals surface area contributed by atoms with Gasteiger partial charge in [0.2, 0.25) is 0 Å². The molecule has 1 fully saturated rings. The molecule has 0 saturated carbocycles. The number of rotatable bonds is 4. The van der Waals surface area contributed by atoms with Gasteiger partial charge in [-0.15, -0.1) is 0 Å². The van der Waals surface area contributed by atoms with Gasteiger partial charge in [-0.1, -0.05) is 12.1 Å². The number of halogens is 1. The number of imidazole rings is 1. The van der Waals surface area contributed by atoms with Crippen LogP contribution in [0, 0.1) is 15.9 Å². The molecule has 2 heterocycles. The van der Waals surface area contributed by atoms with Crippen LogP contribution in [0.1, 0.15) is 10.4 Å². The molecule has 9 heteroatoms. The average Bonchev–Trinajstić information content (AvgIpc) is 3.28. The molecule has 0 unspecified atom stereocenters. The van der Waals surface area contributed by atoms with E-state index in [0.29, 0.717) is 37.6 Å². The van der Waals surface area contributed by atoms with Crippen LogP contribution in [0.4, 0.5) is 15.8 Å². The van der Waals surface area contributed by atoms with Crippen LogP contribution in [0.2, 0.25) is 0 Å². The second kappa shape index (κ2) is 7.70. The molecule has 0 bridgehead atoms. The second-order valence-corrected chi connectivity index (χ2v) is 6.66. The van der Waals surface area contributed by atoms with E-state index in [1.165, 1.54) is 29.2 Å². The van der Waals surface area contributed by atoms with E-state index in [-0.39, 0.29) is 23.0 Å². The summed E-state index contributed by atoms with van der Waals surface area (Å²) in [4.78, 5) is 31.3. The van der Waals surface area contributed by atoms with Crippen LogP contribution in [0.3, 0.4) is 0 Å². The highest BCUT2D eigenvalue weighted by Gasteiger charge is 2.26. The van der Waals surface area contributed by atoms with E-state index in [4.69, 9.17) is 0 Å². The maximum atomic E-state index is 14.0. The Morgan fingerprint density at radius 3 is 2.48 bits per heavy atom. The van der Waals surface area contributed by atoms with Crippen molar-refractivity contribution in [3.05, 3.63) is 82.7 Å². The predicted octanol–water partition coefficient (Wildman–Crippen LogP) is 2.88. The second-order valence-electron chi connectivity index (χ2n) is 6.66. The molecule has 29 heavy (non-hydrogen) atoms. The molecular formula is C20H18FN5O3. The first kappa shape index (κ1) is 18.6. The highest BCUT2D eigenvalue weighted by atomic mass is 19.1. The fraction of sp³-hybridized carbons (Fsp3) is 0.200. The van der Waals surface area contributed by atoms with Gasteiger partial charge in [-0.2, -0.15) is 0 Å². The largest absolute Gasteiger partial charge is 0.366 e. The number of carbonyl (C=O) groups excluding carboxylic acids is 1. The van der Waals surface area contributed by atoms with E-state index in [1.807, 2.05) is 4.90 Å². The van der Waals surface area contributed by atoms with E-state index in [9.17, 15) is 19.3 Å². The molecule has 1 aromatic heterocycles. The number of nitro groups is 1. The van der Waals surface area contributed by atoms with Crippen molar-refractivity contribution in [2.45, 2.75) is 0 Å². The predicted molar refractivity (Wildman–Crippen MR) is 105 cm³/mol. The minimum atomic E-state index is -0.512. The van der Waals surface area contributed by atoms with Crippen molar-refractivity contribution in [1.82, 2.24) is 14.5 Å².